The van der Waals surface area contributed by atoms with Crippen molar-refractivity contribution in [2.45, 2.75) is 30.0 Å². The standard InChI is InChI=1S/C19H22N3O7PS/c1-31(26,27)13-8-12(30)3-2-11(13)9-20-16(24)14-15(23)17(25)22-5-7-29-19(18(22)21-14)4-6-28-10-19/h2-3,8,23H,4-7,9-10,30H2,1H3,(H,20,24). The van der Waals surface area contributed by atoms with Gasteiger partial charge in [-0.25, -0.2) is 13.4 Å². The molecule has 31 heavy (non-hydrogen) atoms. The largest absolute Gasteiger partial charge is 0.501 e. The van der Waals surface area contributed by atoms with Gasteiger partial charge in [0.05, 0.1) is 31.3 Å². The minimum atomic E-state index is -3.52. The van der Waals surface area contributed by atoms with Crippen LogP contribution in [0.2, 0.25) is 0 Å². The lowest BCUT2D eigenvalue weighted by Gasteiger charge is -2.34. The maximum atomic E-state index is 12.8. The van der Waals surface area contributed by atoms with Crippen LogP contribution >= 0.6 is 9.24 Å². The molecule has 1 spiro atoms. The van der Waals surface area contributed by atoms with E-state index in [0.717, 1.165) is 6.26 Å². The topological polar surface area (TPSA) is 137 Å². The molecule has 1 aromatic heterocycles. The van der Waals surface area contributed by atoms with Crippen molar-refractivity contribution in [2.24, 2.45) is 0 Å². The van der Waals surface area contributed by atoms with E-state index in [1.165, 1.54) is 10.6 Å². The number of nitrogens with zero attached hydrogens (tertiary/aromatic N) is 2. The van der Waals surface area contributed by atoms with Gasteiger partial charge in [0.25, 0.3) is 11.5 Å². The molecule has 2 aromatic rings. The summed E-state index contributed by atoms with van der Waals surface area (Å²) in [6.45, 7) is 0.972. The zero-order valence-corrected chi connectivity index (χ0v) is 18.7. The van der Waals surface area contributed by atoms with E-state index in [4.69, 9.17) is 9.47 Å². The highest BCUT2D eigenvalue weighted by Gasteiger charge is 2.45. The molecule has 2 aliphatic rings. The summed E-state index contributed by atoms with van der Waals surface area (Å²) >= 11 is 0. The summed E-state index contributed by atoms with van der Waals surface area (Å²) < 4.78 is 36.7. The monoisotopic (exact) mass is 467 g/mol. The summed E-state index contributed by atoms with van der Waals surface area (Å²) in [5.41, 5.74) is -1.72. The van der Waals surface area contributed by atoms with Gasteiger partial charge in [-0.1, -0.05) is 12.1 Å². The molecule has 1 aromatic carbocycles. The lowest BCUT2D eigenvalue weighted by molar-refractivity contribution is -0.0852. The molecule has 1 saturated heterocycles. The number of sulfone groups is 1. The molecule has 1 fully saturated rings. The van der Waals surface area contributed by atoms with Crippen molar-refractivity contribution in [3.8, 4) is 5.75 Å². The van der Waals surface area contributed by atoms with Gasteiger partial charge in [0.15, 0.2) is 21.1 Å². The fourth-order valence-electron chi connectivity index (χ4n) is 3.81. The van der Waals surface area contributed by atoms with Crippen LogP contribution in [0.1, 0.15) is 28.3 Å². The number of aromatic nitrogens is 2. The van der Waals surface area contributed by atoms with Crippen molar-refractivity contribution < 1.29 is 27.8 Å². The number of nitrogens with one attached hydrogen (secondary N) is 1. The average molecular weight is 467 g/mol. The van der Waals surface area contributed by atoms with Gasteiger partial charge in [-0.2, -0.15) is 0 Å². The molecule has 2 atom stereocenters. The molecule has 0 bridgehead atoms. The summed E-state index contributed by atoms with van der Waals surface area (Å²) in [6.07, 6.45) is 1.56. The Morgan fingerprint density at radius 1 is 1.39 bits per heavy atom. The molecule has 0 saturated carbocycles. The number of carbonyl (C=O) groups excluding carboxylic acids is 1. The molecular weight excluding hydrogens is 445 g/mol. The van der Waals surface area contributed by atoms with Crippen LogP contribution in [0.4, 0.5) is 0 Å². The number of aromatic hydroxyl groups is 1. The van der Waals surface area contributed by atoms with Gasteiger partial charge in [-0.05, 0) is 16.9 Å². The van der Waals surface area contributed by atoms with Crippen molar-refractivity contribution >= 4 is 30.3 Å². The maximum Gasteiger partial charge on any atom is 0.296 e. The molecular formula is C19H22N3O7PS. The first kappa shape index (κ1) is 21.9. The minimum Gasteiger partial charge on any atom is -0.501 e. The van der Waals surface area contributed by atoms with E-state index in [1.807, 2.05) is 0 Å². The third-order valence-electron chi connectivity index (χ3n) is 5.38. The molecule has 2 unspecified atom stereocenters. The van der Waals surface area contributed by atoms with Crippen molar-refractivity contribution in [3.63, 3.8) is 0 Å². The van der Waals surface area contributed by atoms with E-state index >= 15 is 0 Å². The number of hydrogen-bond acceptors (Lipinski definition) is 8. The summed E-state index contributed by atoms with van der Waals surface area (Å²) in [5, 5.41) is 13.6. The van der Waals surface area contributed by atoms with Crippen LogP contribution < -0.4 is 16.2 Å². The first-order valence-corrected chi connectivity index (χ1v) is 12.0. The van der Waals surface area contributed by atoms with Crippen molar-refractivity contribution in [2.75, 3.05) is 26.1 Å². The summed E-state index contributed by atoms with van der Waals surface area (Å²) in [5.74, 6) is -1.32. The van der Waals surface area contributed by atoms with E-state index in [2.05, 4.69) is 19.5 Å². The predicted molar refractivity (Wildman–Crippen MR) is 113 cm³/mol. The van der Waals surface area contributed by atoms with Gasteiger partial charge in [-0.3, -0.25) is 14.2 Å². The average Bonchev–Trinajstić information content (AvgIpc) is 3.18. The highest BCUT2D eigenvalue weighted by molar-refractivity contribution is 7.90. The van der Waals surface area contributed by atoms with Gasteiger partial charge in [0.2, 0.25) is 5.75 Å². The Kier molecular flexibility index (Phi) is 5.63. The second kappa shape index (κ2) is 7.98. The fourth-order valence-corrected chi connectivity index (χ4v) is 5.16. The number of benzene rings is 1. The van der Waals surface area contributed by atoms with E-state index in [-0.39, 0.29) is 37.0 Å². The molecule has 2 N–H and O–H groups in total. The molecule has 0 aliphatic carbocycles. The second-order valence-corrected chi connectivity index (χ2v) is 10.2. The molecule has 166 valence electrons. The molecule has 3 heterocycles. The zero-order chi connectivity index (χ0) is 22.4. The van der Waals surface area contributed by atoms with Gasteiger partial charge >= 0.3 is 0 Å². The Morgan fingerprint density at radius 3 is 2.84 bits per heavy atom. The Hall–Kier alpha value is -2.33. The van der Waals surface area contributed by atoms with Crippen LogP contribution in [0.5, 0.6) is 5.75 Å². The Bertz CT molecular complexity index is 1220. The minimum absolute atomic E-state index is 0.0819. The fraction of sp³-hybridized carbons (Fsp3) is 0.421. The number of fused-ring (bicyclic) bond motifs is 2. The van der Waals surface area contributed by atoms with Crippen molar-refractivity contribution in [1.29, 1.82) is 0 Å². The smallest absolute Gasteiger partial charge is 0.296 e. The quantitative estimate of drug-likeness (QED) is 0.571. The van der Waals surface area contributed by atoms with Crippen molar-refractivity contribution in [1.82, 2.24) is 14.9 Å². The first-order valence-electron chi connectivity index (χ1n) is 9.55. The third-order valence-corrected chi connectivity index (χ3v) is 6.91. The zero-order valence-electron chi connectivity index (χ0n) is 16.8. The summed E-state index contributed by atoms with van der Waals surface area (Å²) in [6, 6.07) is 4.78. The number of hydrogen-bond donors (Lipinski definition) is 2. The molecule has 0 radical (unpaired) electrons. The normalized spacial score (nSPS) is 20.6. The Labute approximate surface area is 180 Å². The number of amides is 1. The van der Waals surface area contributed by atoms with Gasteiger partial charge in [0, 0.05) is 19.2 Å². The molecule has 1 amide bonds. The molecule has 4 rings (SSSR count). The number of ether oxygens (including phenoxy) is 2. The maximum absolute atomic E-state index is 12.8. The van der Waals surface area contributed by atoms with Crippen molar-refractivity contribution in [3.05, 3.63) is 45.6 Å². The lowest BCUT2D eigenvalue weighted by Crippen LogP contribution is -2.45. The van der Waals surface area contributed by atoms with Gasteiger partial charge in [-0.15, -0.1) is 9.24 Å². The SMILES string of the molecule is CS(=O)(=O)c1cc(P)ccc1CNC(=O)c1nc2n(c(=O)c1O)CCOC21CCOC1. The summed E-state index contributed by atoms with van der Waals surface area (Å²) in [4.78, 5) is 29.9. The number of rotatable bonds is 4. The van der Waals surface area contributed by atoms with Crippen LogP contribution in [-0.4, -0.2) is 55.1 Å². The van der Waals surface area contributed by atoms with E-state index in [0.29, 0.717) is 23.9 Å². The van der Waals surface area contributed by atoms with E-state index in [1.54, 1.807) is 12.1 Å². The molecule has 10 nitrogen and oxygen atoms in total. The molecule has 12 heteroatoms. The van der Waals surface area contributed by atoms with E-state index in [9.17, 15) is 23.1 Å². The molecule has 2 aliphatic heterocycles. The van der Waals surface area contributed by atoms with E-state index < -0.39 is 38.3 Å². The Morgan fingerprint density at radius 2 is 2.16 bits per heavy atom. The first-order chi connectivity index (χ1) is 14.6. The van der Waals surface area contributed by atoms with Crippen LogP contribution in [-0.2, 0) is 38.0 Å². The van der Waals surface area contributed by atoms with Gasteiger partial charge in [0.1, 0.15) is 5.82 Å². The highest BCUT2D eigenvalue weighted by atomic mass is 32.2. The lowest BCUT2D eigenvalue weighted by atomic mass is 10.00. The van der Waals surface area contributed by atoms with Crippen LogP contribution in [0.15, 0.2) is 27.9 Å². The second-order valence-electron chi connectivity index (χ2n) is 7.56. The highest BCUT2D eigenvalue weighted by Crippen LogP contribution is 2.36. The number of carbonyl (C=O) groups is 1. The van der Waals surface area contributed by atoms with Crippen LogP contribution in [0, 0.1) is 0 Å². The van der Waals surface area contributed by atoms with Crippen LogP contribution in [0.25, 0.3) is 0 Å². The predicted octanol–water partition coefficient (Wildman–Crippen LogP) is -0.571. The summed E-state index contributed by atoms with van der Waals surface area (Å²) in [7, 11) is -1.10. The van der Waals surface area contributed by atoms with Gasteiger partial charge < -0.3 is 19.9 Å². The van der Waals surface area contributed by atoms with Crippen LogP contribution in [0.3, 0.4) is 0 Å². The third kappa shape index (κ3) is 3.98. The Balaban J connectivity index is 1.67.